The molecule has 1 aliphatic carbocycles. The zero-order valence-corrected chi connectivity index (χ0v) is 15.6. The fourth-order valence-corrected chi connectivity index (χ4v) is 4.86. The van der Waals surface area contributed by atoms with Crippen LogP contribution in [0, 0.1) is 0 Å². The van der Waals surface area contributed by atoms with Gasteiger partial charge >= 0.3 is 0 Å². The summed E-state index contributed by atoms with van der Waals surface area (Å²) in [6.07, 6.45) is 9.43. The second-order valence-electron chi connectivity index (χ2n) is 6.93. The molecule has 0 bridgehead atoms. The monoisotopic (exact) mass is 379 g/mol. The third-order valence-electron chi connectivity index (χ3n) is 5.31. The molecule has 0 saturated carbocycles. The molecule has 2 unspecified atom stereocenters. The standard InChI is InChI=1S/C22H21NO3S/c24-27(25,26)22(21-20-9-5-4-8-19(20)16-23-21)14-12-18(13-15-22)11-10-17-6-2-1-3-7-17/h1-14,21,23H,15-16H2,(H,24,25,26). The van der Waals surface area contributed by atoms with Crippen LogP contribution in [0.1, 0.15) is 29.2 Å². The van der Waals surface area contributed by atoms with Gasteiger partial charge in [0.15, 0.2) is 0 Å². The molecule has 5 heteroatoms. The van der Waals surface area contributed by atoms with E-state index < -0.39 is 20.9 Å². The van der Waals surface area contributed by atoms with E-state index in [1.807, 2.05) is 72.8 Å². The molecule has 0 aromatic heterocycles. The van der Waals surface area contributed by atoms with E-state index in [-0.39, 0.29) is 6.42 Å². The van der Waals surface area contributed by atoms with Crippen LogP contribution in [-0.4, -0.2) is 17.7 Å². The van der Waals surface area contributed by atoms with Gasteiger partial charge in [-0.15, -0.1) is 0 Å². The molecule has 1 heterocycles. The predicted octanol–water partition coefficient (Wildman–Crippen LogP) is 4.06. The fraction of sp³-hybridized carbons (Fsp3) is 0.182. The fourth-order valence-electron chi connectivity index (χ4n) is 3.82. The molecule has 0 spiro atoms. The summed E-state index contributed by atoms with van der Waals surface area (Å²) in [5, 5.41) is 3.27. The van der Waals surface area contributed by atoms with E-state index in [1.54, 1.807) is 12.2 Å². The highest BCUT2D eigenvalue weighted by Crippen LogP contribution is 2.43. The molecule has 2 aromatic carbocycles. The van der Waals surface area contributed by atoms with E-state index in [4.69, 9.17) is 0 Å². The van der Waals surface area contributed by atoms with Crippen LogP contribution in [0.15, 0.2) is 84.5 Å². The molecule has 0 radical (unpaired) electrons. The van der Waals surface area contributed by atoms with Crippen LogP contribution in [0.5, 0.6) is 0 Å². The van der Waals surface area contributed by atoms with Gasteiger partial charge in [-0.25, -0.2) is 0 Å². The highest BCUT2D eigenvalue weighted by molar-refractivity contribution is 7.87. The van der Waals surface area contributed by atoms with Crippen LogP contribution < -0.4 is 5.32 Å². The number of rotatable bonds is 4. The van der Waals surface area contributed by atoms with Crippen LogP contribution in [0.2, 0.25) is 0 Å². The van der Waals surface area contributed by atoms with Crippen LogP contribution in [0.3, 0.4) is 0 Å². The normalized spacial score (nSPS) is 24.8. The Bertz CT molecular complexity index is 1040. The minimum Gasteiger partial charge on any atom is -0.304 e. The molecule has 0 fully saturated rings. The lowest BCUT2D eigenvalue weighted by Gasteiger charge is -2.35. The van der Waals surface area contributed by atoms with Crippen molar-refractivity contribution < 1.29 is 13.0 Å². The predicted molar refractivity (Wildman–Crippen MR) is 108 cm³/mol. The van der Waals surface area contributed by atoms with E-state index in [9.17, 15) is 13.0 Å². The quantitative estimate of drug-likeness (QED) is 0.787. The first kappa shape index (κ1) is 17.9. The maximum absolute atomic E-state index is 12.4. The third kappa shape index (κ3) is 3.30. The van der Waals surface area contributed by atoms with Gasteiger partial charge in [0.05, 0.1) is 6.04 Å². The van der Waals surface area contributed by atoms with E-state index in [1.165, 1.54) is 0 Å². The zero-order valence-electron chi connectivity index (χ0n) is 14.7. The van der Waals surface area contributed by atoms with Gasteiger partial charge < -0.3 is 5.32 Å². The Labute approximate surface area is 159 Å². The average molecular weight is 379 g/mol. The second kappa shape index (κ2) is 6.93. The molecule has 138 valence electrons. The SMILES string of the molecule is O=S(=O)(O)C1(C2NCc3ccccc32)C=CC(C=Cc2ccccc2)=CC1. The Morgan fingerprint density at radius 2 is 1.78 bits per heavy atom. The second-order valence-corrected chi connectivity index (χ2v) is 8.64. The maximum Gasteiger partial charge on any atom is 0.276 e. The van der Waals surface area contributed by atoms with Gasteiger partial charge in [0, 0.05) is 6.54 Å². The van der Waals surface area contributed by atoms with Crippen molar-refractivity contribution in [2.24, 2.45) is 0 Å². The van der Waals surface area contributed by atoms with Gasteiger partial charge in [-0.05, 0) is 28.7 Å². The summed E-state index contributed by atoms with van der Waals surface area (Å²) >= 11 is 0. The van der Waals surface area contributed by atoms with Crippen molar-refractivity contribution in [3.05, 3.63) is 101 Å². The first-order valence-corrected chi connectivity index (χ1v) is 10.3. The lowest BCUT2D eigenvalue weighted by atomic mass is 9.85. The third-order valence-corrected chi connectivity index (χ3v) is 6.81. The number of nitrogens with one attached hydrogen (secondary N) is 1. The van der Waals surface area contributed by atoms with Crippen molar-refractivity contribution in [3.8, 4) is 0 Å². The Hall–Kier alpha value is -2.47. The molecule has 27 heavy (non-hydrogen) atoms. The van der Waals surface area contributed by atoms with Gasteiger partial charge in [-0.2, -0.15) is 8.42 Å². The van der Waals surface area contributed by atoms with Crippen molar-refractivity contribution in [1.29, 1.82) is 0 Å². The van der Waals surface area contributed by atoms with Crippen LogP contribution in [0.4, 0.5) is 0 Å². The molecular formula is C22H21NO3S. The Morgan fingerprint density at radius 3 is 2.48 bits per heavy atom. The summed E-state index contributed by atoms with van der Waals surface area (Å²) in [4.78, 5) is 0. The topological polar surface area (TPSA) is 66.4 Å². The minimum absolute atomic E-state index is 0.211. The number of hydrogen-bond donors (Lipinski definition) is 2. The molecule has 2 aliphatic rings. The van der Waals surface area contributed by atoms with Crippen molar-refractivity contribution >= 4 is 16.2 Å². The number of hydrogen-bond acceptors (Lipinski definition) is 3. The molecule has 0 amide bonds. The summed E-state index contributed by atoms with van der Waals surface area (Å²) in [5.41, 5.74) is 3.99. The summed E-state index contributed by atoms with van der Waals surface area (Å²) in [6, 6.07) is 17.2. The molecule has 1 aliphatic heterocycles. The molecular weight excluding hydrogens is 358 g/mol. The molecule has 2 N–H and O–H groups in total. The first-order chi connectivity index (χ1) is 13.0. The highest BCUT2D eigenvalue weighted by Gasteiger charge is 2.50. The van der Waals surface area contributed by atoms with Gasteiger partial charge in [0.1, 0.15) is 4.75 Å². The lowest BCUT2D eigenvalue weighted by Crippen LogP contribution is -2.46. The van der Waals surface area contributed by atoms with Crippen molar-refractivity contribution in [2.75, 3.05) is 0 Å². The van der Waals surface area contributed by atoms with E-state index >= 15 is 0 Å². The van der Waals surface area contributed by atoms with E-state index in [0.29, 0.717) is 6.54 Å². The van der Waals surface area contributed by atoms with Crippen LogP contribution in [-0.2, 0) is 16.7 Å². The number of fused-ring (bicyclic) bond motifs is 1. The van der Waals surface area contributed by atoms with Gasteiger partial charge in [0.2, 0.25) is 0 Å². The average Bonchev–Trinajstić information content (AvgIpc) is 3.11. The highest BCUT2D eigenvalue weighted by atomic mass is 32.2. The van der Waals surface area contributed by atoms with Crippen molar-refractivity contribution in [3.63, 3.8) is 0 Å². The van der Waals surface area contributed by atoms with Crippen molar-refractivity contribution in [2.45, 2.75) is 23.8 Å². The minimum atomic E-state index is -4.32. The van der Waals surface area contributed by atoms with E-state index in [0.717, 1.165) is 22.3 Å². The Kier molecular flexibility index (Phi) is 4.60. The largest absolute Gasteiger partial charge is 0.304 e. The summed E-state index contributed by atoms with van der Waals surface area (Å²) < 4.78 is 33.5. The van der Waals surface area contributed by atoms with Gasteiger partial charge in [-0.1, -0.05) is 85.0 Å². The van der Waals surface area contributed by atoms with Gasteiger partial charge in [-0.3, -0.25) is 4.55 Å². The van der Waals surface area contributed by atoms with Crippen LogP contribution in [0.25, 0.3) is 6.08 Å². The van der Waals surface area contributed by atoms with E-state index in [2.05, 4.69) is 5.32 Å². The summed E-state index contributed by atoms with van der Waals surface area (Å²) in [5.74, 6) is 0. The van der Waals surface area contributed by atoms with Crippen LogP contribution >= 0.6 is 0 Å². The molecule has 2 atom stereocenters. The molecule has 4 nitrogen and oxygen atoms in total. The molecule has 0 saturated heterocycles. The van der Waals surface area contributed by atoms with Gasteiger partial charge in [0.25, 0.3) is 10.1 Å². The Balaban J connectivity index is 1.64. The first-order valence-electron chi connectivity index (χ1n) is 8.90. The Morgan fingerprint density at radius 1 is 1.04 bits per heavy atom. The lowest BCUT2D eigenvalue weighted by molar-refractivity contribution is 0.395. The number of allylic oxidation sites excluding steroid dienone is 4. The maximum atomic E-state index is 12.4. The number of benzene rings is 2. The smallest absolute Gasteiger partial charge is 0.276 e. The molecule has 4 rings (SSSR count). The summed E-state index contributed by atoms with van der Waals surface area (Å²) in [7, 11) is -4.32. The summed E-state index contributed by atoms with van der Waals surface area (Å²) in [6.45, 7) is 0.594. The zero-order chi connectivity index (χ0) is 18.9. The van der Waals surface area contributed by atoms with Crippen molar-refractivity contribution in [1.82, 2.24) is 5.32 Å². The molecule has 2 aromatic rings.